The van der Waals surface area contributed by atoms with E-state index in [1.165, 1.54) is 18.4 Å². The third-order valence-electron chi connectivity index (χ3n) is 4.89. The van der Waals surface area contributed by atoms with Gasteiger partial charge in [-0.05, 0) is 49.9 Å². The molecular formula is C20H27ClN2O. The van der Waals surface area contributed by atoms with Gasteiger partial charge in [-0.15, -0.1) is 12.4 Å². The van der Waals surface area contributed by atoms with Gasteiger partial charge in [-0.1, -0.05) is 30.3 Å². The van der Waals surface area contributed by atoms with Crippen LogP contribution in [0.2, 0.25) is 0 Å². The molecule has 2 aromatic rings. The number of benzene rings is 1. The van der Waals surface area contributed by atoms with Gasteiger partial charge in [0.15, 0.2) is 5.78 Å². The molecule has 0 unspecified atom stereocenters. The van der Waals surface area contributed by atoms with Gasteiger partial charge in [-0.2, -0.15) is 0 Å². The molecular weight excluding hydrogens is 320 g/mol. The molecule has 0 aliphatic carbocycles. The van der Waals surface area contributed by atoms with Crippen molar-refractivity contribution in [1.82, 2.24) is 9.47 Å². The highest BCUT2D eigenvalue weighted by molar-refractivity contribution is 5.95. The highest BCUT2D eigenvalue weighted by Crippen LogP contribution is 2.24. The van der Waals surface area contributed by atoms with Gasteiger partial charge in [0.25, 0.3) is 0 Å². The average molecular weight is 347 g/mol. The number of carbonyl (C=O) groups is 1. The summed E-state index contributed by atoms with van der Waals surface area (Å²) < 4.78 is 1.94. The van der Waals surface area contributed by atoms with Crippen LogP contribution in [0.5, 0.6) is 0 Å². The maximum atomic E-state index is 12.2. The molecule has 130 valence electrons. The van der Waals surface area contributed by atoms with Gasteiger partial charge in [0.1, 0.15) is 0 Å². The van der Waals surface area contributed by atoms with E-state index in [2.05, 4.69) is 35.2 Å². The predicted octanol–water partition coefficient (Wildman–Crippen LogP) is 4.32. The van der Waals surface area contributed by atoms with Crippen molar-refractivity contribution in [1.29, 1.82) is 0 Å². The number of hydrogen-bond acceptors (Lipinski definition) is 2. The molecule has 24 heavy (non-hydrogen) atoms. The Hall–Kier alpha value is -1.58. The van der Waals surface area contributed by atoms with Crippen molar-refractivity contribution in [2.45, 2.75) is 32.2 Å². The van der Waals surface area contributed by atoms with Gasteiger partial charge >= 0.3 is 0 Å². The summed E-state index contributed by atoms with van der Waals surface area (Å²) in [6, 6.07) is 12.6. The zero-order valence-corrected chi connectivity index (χ0v) is 15.2. The Balaban J connectivity index is 0.00000208. The summed E-state index contributed by atoms with van der Waals surface area (Å²) in [4.78, 5) is 14.7. The second kappa shape index (κ2) is 9.05. The Morgan fingerprint density at radius 2 is 1.83 bits per heavy atom. The number of aromatic nitrogens is 1. The maximum Gasteiger partial charge on any atom is 0.164 e. The van der Waals surface area contributed by atoms with Crippen molar-refractivity contribution in [3.63, 3.8) is 0 Å². The van der Waals surface area contributed by atoms with Crippen LogP contribution in [0, 0.1) is 5.92 Å². The number of Topliss-reactive ketones (excluding diaryl/α,β-unsaturated/α-hetero) is 1. The van der Waals surface area contributed by atoms with E-state index in [0.717, 1.165) is 31.6 Å². The number of carbonyl (C=O) groups excluding carboxylic acids is 1. The Kier molecular flexibility index (Phi) is 7.07. The molecule has 0 bridgehead atoms. The van der Waals surface area contributed by atoms with Crippen LogP contribution in [-0.4, -0.2) is 28.3 Å². The fraction of sp³-hybridized carbons (Fsp3) is 0.450. The van der Waals surface area contributed by atoms with Crippen molar-refractivity contribution in [3.05, 3.63) is 59.9 Å². The zero-order chi connectivity index (χ0) is 16.1. The number of halogens is 1. The molecule has 4 heteroatoms. The Bertz CT molecular complexity index is 630. The monoisotopic (exact) mass is 346 g/mol. The molecule has 0 N–H and O–H groups in total. The van der Waals surface area contributed by atoms with Crippen molar-refractivity contribution in [3.8, 4) is 0 Å². The summed E-state index contributed by atoms with van der Waals surface area (Å²) in [6.07, 6.45) is 8.02. The molecule has 0 atom stereocenters. The number of likely N-dealkylation sites (tertiary alicyclic amines) is 1. The number of hydrogen-bond donors (Lipinski definition) is 0. The Labute approximate surface area is 151 Å². The third kappa shape index (κ3) is 5.22. The fourth-order valence-electron chi connectivity index (χ4n) is 3.42. The van der Waals surface area contributed by atoms with Gasteiger partial charge in [-0.25, -0.2) is 0 Å². The van der Waals surface area contributed by atoms with Gasteiger partial charge in [-0.3, -0.25) is 9.69 Å². The largest absolute Gasteiger partial charge is 0.357 e. The summed E-state index contributed by atoms with van der Waals surface area (Å²) in [6.45, 7) is 3.36. The summed E-state index contributed by atoms with van der Waals surface area (Å²) in [7, 11) is 1.96. The van der Waals surface area contributed by atoms with E-state index in [0.29, 0.717) is 12.3 Å². The first-order chi connectivity index (χ1) is 11.2. The first-order valence-corrected chi connectivity index (χ1v) is 8.62. The second-order valence-electron chi connectivity index (χ2n) is 6.73. The fourth-order valence-corrected chi connectivity index (χ4v) is 3.42. The molecule has 1 saturated heterocycles. The zero-order valence-electron chi connectivity index (χ0n) is 14.4. The normalized spacial score (nSPS) is 15.9. The van der Waals surface area contributed by atoms with Crippen LogP contribution in [0.4, 0.5) is 0 Å². The second-order valence-corrected chi connectivity index (χ2v) is 6.73. The topological polar surface area (TPSA) is 25.2 Å². The van der Waals surface area contributed by atoms with E-state index < -0.39 is 0 Å². The molecule has 3 rings (SSSR count). The summed E-state index contributed by atoms with van der Waals surface area (Å²) >= 11 is 0. The molecule has 1 fully saturated rings. The molecule has 1 aromatic heterocycles. The van der Waals surface area contributed by atoms with Crippen LogP contribution < -0.4 is 0 Å². The SMILES string of the molecule is Cl.Cn1ccc(C(=O)CCC2CCN(Cc3ccccc3)CC2)c1. The first-order valence-electron chi connectivity index (χ1n) is 8.62. The summed E-state index contributed by atoms with van der Waals surface area (Å²) in [5.41, 5.74) is 2.25. The Morgan fingerprint density at radius 3 is 2.46 bits per heavy atom. The molecule has 2 heterocycles. The number of rotatable bonds is 6. The van der Waals surface area contributed by atoms with Gasteiger partial charge in [0.05, 0.1) is 0 Å². The van der Waals surface area contributed by atoms with Crippen LogP contribution in [0.15, 0.2) is 48.8 Å². The number of piperidine rings is 1. The van der Waals surface area contributed by atoms with Crippen molar-refractivity contribution in [2.75, 3.05) is 13.1 Å². The minimum atomic E-state index is 0. The number of nitrogens with zero attached hydrogens (tertiary/aromatic N) is 2. The highest BCUT2D eigenvalue weighted by atomic mass is 35.5. The van der Waals surface area contributed by atoms with E-state index in [1.807, 2.05) is 30.1 Å². The molecule has 0 radical (unpaired) electrons. The lowest BCUT2D eigenvalue weighted by molar-refractivity contribution is 0.0961. The minimum absolute atomic E-state index is 0. The molecule has 0 spiro atoms. The highest BCUT2D eigenvalue weighted by Gasteiger charge is 2.20. The average Bonchev–Trinajstić information content (AvgIpc) is 3.01. The lowest BCUT2D eigenvalue weighted by Gasteiger charge is -2.31. The van der Waals surface area contributed by atoms with E-state index in [4.69, 9.17) is 0 Å². The lowest BCUT2D eigenvalue weighted by atomic mass is 9.90. The number of aryl methyl sites for hydroxylation is 1. The van der Waals surface area contributed by atoms with E-state index in [9.17, 15) is 4.79 Å². The first kappa shape index (κ1) is 18.8. The van der Waals surface area contributed by atoms with Gasteiger partial charge in [0, 0.05) is 38.0 Å². The summed E-state index contributed by atoms with van der Waals surface area (Å²) in [5.74, 6) is 0.993. The molecule has 1 aliphatic heterocycles. The molecule has 0 amide bonds. The standard InChI is InChI=1S/C20H26N2O.ClH/c1-21-12-11-19(16-21)20(23)8-7-17-9-13-22(14-10-17)15-18-5-3-2-4-6-18;/h2-6,11-12,16-17H,7-10,13-15H2,1H3;1H. The Morgan fingerprint density at radius 1 is 1.12 bits per heavy atom. The van der Waals surface area contributed by atoms with Crippen LogP contribution in [0.3, 0.4) is 0 Å². The van der Waals surface area contributed by atoms with Crippen LogP contribution in [0.1, 0.15) is 41.6 Å². The molecule has 1 aliphatic rings. The predicted molar refractivity (Wildman–Crippen MR) is 101 cm³/mol. The lowest BCUT2D eigenvalue weighted by Crippen LogP contribution is -2.33. The van der Waals surface area contributed by atoms with Crippen molar-refractivity contribution < 1.29 is 4.79 Å². The van der Waals surface area contributed by atoms with Gasteiger partial charge < -0.3 is 4.57 Å². The van der Waals surface area contributed by atoms with Crippen molar-refractivity contribution in [2.24, 2.45) is 13.0 Å². The van der Waals surface area contributed by atoms with Crippen LogP contribution in [0.25, 0.3) is 0 Å². The quantitative estimate of drug-likeness (QED) is 0.728. The molecule has 1 aromatic carbocycles. The molecule has 3 nitrogen and oxygen atoms in total. The van der Waals surface area contributed by atoms with Crippen LogP contribution in [-0.2, 0) is 13.6 Å². The van der Waals surface area contributed by atoms with E-state index in [1.54, 1.807) is 0 Å². The van der Waals surface area contributed by atoms with E-state index in [-0.39, 0.29) is 18.2 Å². The minimum Gasteiger partial charge on any atom is -0.357 e. The van der Waals surface area contributed by atoms with Crippen molar-refractivity contribution >= 4 is 18.2 Å². The third-order valence-corrected chi connectivity index (χ3v) is 4.89. The molecule has 0 saturated carbocycles. The maximum absolute atomic E-state index is 12.2. The smallest absolute Gasteiger partial charge is 0.164 e. The van der Waals surface area contributed by atoms with E-state index >= 15 is 0 Å². The van der Waals surface area contributed by atoms with Crippen LogP contribution >= 0.6 is 12.4 Å². The summed E-state index contributed by atoms with van der Waals surface area (Å²) in [5, 5.41) is 0. The van der Waals surface area contributed by atoms with Gasteiger partial charge in [0.2, 0.25) is 0 Å². The number of ketones is 1.